The van der Waals surface area contributed by atoms with Crippen LogP contribution in [-0.4, -0.2) is 25.0 Å². The third-order valence-electron chi connectivity index (χ3n) is 3.61. The first-order valence-electron chi connectivity index (χ1n) is 6.47. The van der Waals surface area contributed by atoms with E-state index in [1.54, 1.807) is 18.2 Å². The summed E-state index contributed by atoms with van der Waals surface area (Å²) in [6.45, 7) is 4.06. The summed E-state index contributed by atoms with van der Waals surface area (Å²) >= 11 is 5.94. The molecule has 0 saturated carbocycles. The summed E-state index contributed by atoms with van der Waals surface area (Å²) in [5, 5.41) is 12.0. The van der Waals surface area contributed by atoms with E-state index < -0.39 is 0 Å². The Hall–Kier alpha value is -1.57. The average molecular weight is 279 g/mol. The fourth-order valence-corrected chi connectivity index (χ4v) is 2.60. The van der Waals surface area contributed by atoms with Crippen LogP contribution in [0.15, 0.2) is 18.2 Å². The van der Waals surface area contributed by atoms with E-state index in [-0.39, 0.29) is 11.9 Å². The minimum Gasteiger partial charge on any atom is -0.325 e. The van der Waals surface area contributed by atoms with Crippen LogP contribution in [0.4, 0.5) is 5.69 Å². The highest BCUT2D eigenvalue weighted by Crippen LogP contribution is 2.20. The lowest BCUT2D eigenvalue weighted by atomic mass is 10.2. The van der Waals surface area contributed by atoms with Gasteiger partial charge in [0, 0.05) is 18.5 Å². The lowest BCUT2D eigenvalue weighted by Crippen LogP contribution is -3.14. The molecule has 0 bridgehead atoms. The predicted octanol–water partition coefficient (Wildman–Crippen LogP) is 1.22. The smallest absolute Gasteiger partial charge is 0.282 e. The number of nitrogens with zero attached hydrogens (tertiary/aromatic N) is 1. The van der Waals surface area contributed by atoms with E-state index in [9.17, 15) is 4.79 Å². The van der Waals surface area contributed by atoms with Crippen LogP contribution in [0.2, 0.25) is 5.02 Å². The van der Waals surface area contributed by atoms with Gasteiger partial charge in [-0.25, -0.2) is 0 Å². The van der Waals surface area contributed by atoms with E-state index in [4.69, 9.17) is 16.9 Å². The fraction of sp³-hybridized carbons (Fsp3) is 0.429. The zero-order chi connectivity index (χ0) is 13.8. The van der Waals surface area contributed by atoms with Gasteiger partial charge in [0.15, 0.2) is 6.04 Å². The van der Waals surface area contributed by atoms with Gasteiger partial charge in [0.2, 0.25) is 0 Å². The number of nitrogens with one attached hydrogen (secondary N) is 2. The zero-order valence-corrected chi connectivity index (χ0v) is 11.6. The second-order valence-electron chi connectivity index (χ2n) is 4.88. The zero-order valence-electron chi connectivity index (χ0n) is 10.9. The molecule has 5 heteroatoms. The Morgan fingerprint density at radius 2 is 2.16 bits per heavy atom. The summed E-state index contributed by atoms with van der Waals surface area (Å²) in [6, 6.07) is 6.87. The molecule has 1 fully saturated rings. The lowest BCUT2D eigenvalue weighted by Gasteiger charge is -2.20. The number of nitriles is 1. The number of carbonyl (C=O) groups is 1. The maximum Gasteiger partial charge on any atom is 0.282 e. The van der Waals surface area contributed by atoms with Crippen LogP contribution >= 0.6 is 11.6 Å². The molecule has 1 aliphatic rings. The molecule has 1 amide bonds. The average Bonchev–Trinajstić information content (AvgIpc) is 2.92. The van der Waals surface area contributed by atoms with Gasteiger partial charge in [-0.15, -0.1) is 0 Å². The number of amides is 1. The number of hydrogen-bond donors (Lipinski definition) is 2. The third kappa shape index (κ3) is 3.25. The monoisotopic (exact) mass is 278 g/mol. The van der Waals surface area contributed by atoms with Crippen molar-refractivity contribution in [2.45, 2.75) is 25.8 Å². The number of quaternary nitrogens is 1. The molecule has 1 aliphatic heterocycles. The first kappa shape index (κ1) is 13.9. The molecule has 1 atom stereocenters. The molecular weight excluding hydrogens is 262 g/mol. The van der Waals surface area contributed by atoms with Gasteiger partial charge >= 0.3 is 0 Å². The first-order chi connectivity index (χ1) is 9.11. The van der Waals surface area contributed by atoms with Gasteiger partial charge < -0.3 is 10.2 Å². The highest BCUT2D eigenvalue weighted by molar-refractivity contribution is 6.32. The van der Waals surface area contributed by atoms with E-state index in [1.807, 2.05) is 13.0 Å². The number of anilines is 1. The lowest BCUT2D eigenvalue weighted by molar-refractivity contribution is -0.901. The van der Waals surface area contributed by atoms with Crippen molar-refractivity contribution in [2.75, 3.05) is 18.4 Å². The molecule has 0 aromatic heterocycles. The molecule has 1 heterocycles. The number of hydrogen-bond acceptors (Lipinski definition) is 2. The SMILES string of the molecule is C[C@@H](C(=O)Nc1ccc(C#N)c(Cl)c1)[NH+]1CCCC1. The second kappa shape index (κ2) is 6.05. The summed E-state index contributed by atoms with van der Waals surface area (Å²) in [6.07, 6.45) is 2.38. The molecule has 1 saturated heterocycles. The van der Waals surface area contributed by atoms with Gasteiger partial charge in [-0.2, -0.15) is 5.26 Å². The summed E-state index contributed by atoms with van der Waals surface area (Å²) in [5.41, 5.74) is 1.05. The Bertz CT molecular complexity index is 518. The van der Waals surface area contributed by atoms with E-state index in [2.05, 4.69) is 5.32 Å². The first-order valence-corrected chi connectivity index (χ1v) is 6.84. The molecule has 100 valence electrons. The van der Waals surface area contributed by atoms with Gasteiger partial charge in [-0.3, -0.25) is 4.79 Å². The molecule has 19 heavy (non-hydrogen) atoms. The minimum absolute atomic E-state index is 0.00215. The van der Waals surface area contributed by atoms with Crippen LogP contribution in [0.5, 0.6) is 0 Å². The maximum atomic E-state index is 12.1. The van der Waals surface area contributed by atoms with Crippen molar-refractivity contribution in [2.24, 2.45) is 0 Å². The number of likely N-dealkylation sites (tertiary alicyclic amines) is 1. The van der Waals surface area contributed by atoms with Crippen molar-refractivity contribution in [3.8, 4) is 6.07 Å². The van der Waals surface area contributed by atoms with E-state index in [0.717, 1.165) is 13.1 Å². The fourth-order valence-electron chi connectivity index (χ4n) is 2.38. The van der Waals surface area contributed by atoms with Crippen molar-refractivity contribution in [3.63, 3.8) is 0 Å². The highest BCUT2D eigenvalue weighted by Gasteiger charge is 2.27. The summed E-state index contributed by atoms with van der Waals surface area (Å²) in [4.78, 5) is 13.5. The van der Waals surface area contributed by atoms with E-state index in [1.165, 1.54) is 17.7 Å². The van der Waals surface area contributed by atoms with Gasteiger partial charge in [0.05, 0.1) is 23.7 Å². The van der Waals surface area contributed by atoms with Crippen molar-refractivity contribution < 1.29 is 9.69 Å². The topological polar surface area (TPSA) is 57.3 Å². The minimum atomic E-state index is -0.0584. The molecule has 2 N–H and O–H groups in total. The third-order valence-corrected chi connectivity index (χ3v) is 3.92. The van der Waals surface area contributed by atoms with Crippen LogP contribution in [0.1, 0.15) is 25.3 Å². The number of benzene rings is 1. The number of carbonyl (C=O) groups excluding carboxylic acids is 1. The summed E-state index contributed by atoms with van der Waals surface area (Å²) in [5.74, 6) is -0.00215. The molecule has 4 nitrogen and oxygen atoms in total. The second-order valence-corrected chi connectivity index (χ2v) is 5.29. The Balaban J connectivity index is 2.02. The number of rotatable bonds is 3. The Morgan fingerprint density at radius 1 is 1.47 bits per heavy atom. The van der Waals surface area contributed by atoms with Crippen molar-refractivity contribution >= 4 is 23.2 Å². The Morgan fingerprint density at radius 3 is 2.74 bits per heavy atom. The maximum absolute atomic E-state index is 12.1. The Labute approximate surface area is 118 Å². The normalized spacial score (nSPS) is 16.9. The molecule has 2 rings (SSSR count). The van der Waals surface area contributed by atoms with Crippen LogP contribution in [0, 0.1) is 11.3 Å². The largest absolute Gasteiger partial charge is 0.325 e. The molecule has 1 aromatic rings. The molecule has 0 unspecified atom stereocenters. The summed E-state index contributed by atoms with van der Waals surface area (Å²) < 4.78 is 0. The van der Waals surface area contributed by atoms with Gasteiger partial charge in [0.1, 0.15) is 6.07 Å². The molecule has 0 spiro atoms. The van der Waals surface area contributed by atoms with Crippen LogP contribution in [0.3, 0.4) is 0 Å². The standard InChI is InChI=1S/C14H16ClN3O/c1-10(18-6-2-3-7-18)14(19)17-12-5-4-11(9-16)13(15)8-12/h4-5,8,10H,2-3,6-7H2,1H3,(H,17,19)/p+1/t10-/m0/s1. The van der Waals surface area contributed by atoms with Crippen molar-refractivity contribution in [3.05, 3.63) is 28.8 Å². The molecule has 0 radical (unpaired) electrons. The van der Waals surface area contributed by atoms with Crippen LogP contribution in [0.25, 0.3) is 0 Å². The van der Waals surface area contributed by atoms with Gasteiger partial charge in [0.25, 0.3) is 5.91 Å². The predicted molar refractivity (Wildman–Crippen MR) is 74.2 cm³/mol. The molecule has 1 aromatic carbocycles. The van der Waals surface area contributed by atoms with E-state index >= 15 is 0 Å². The molecular formula is C14H17ClN3O+. The van der Waals surface area contributed by atoms with Crippen molar-refractivity contribution in [1.29, 1.82) is 5.26 Å². The van der Waals surface area contributed by atoms with Crippen LogP contribution < -0.4 is 10.2 Å². The van der Waals surface area contributed by atoms with Crippen molar-refractivity contribution in [1.82, 2.24) is 0 Å². The van der Waals surface area contributed by atoms with Gasteiger partial charge in [-0.1, -0.05) is 11.6 Å². The summed E-state index contributed by atoms with van der Waals surface area (Å²) in [7, 11) is 0. The van der Waals surface area contributed by atoms with Gasteiger partial charge in [-0.05, 0) is 25.1 Å². The molecule has 0 aliphatic carbocycles. The Kier molecular flexibility index (Phi) is 4.41. The number of halogens is 1. The van der Waals surface area contributed by atoms with E-state index in [0.29, 0.717) is 16.3 Å². The highest BCUT2D eigenvalue weighted by atomic mass is 35.5. The quantitative estimate of drug-likeness (QED) is 0.873. The van der Waals surface area contributed by atoms with Crippen LogP contribution in [-0.2, 0) is 4.79 Å².